The Morgan fingerprint density at radius 1 is 1.20 bits per heavy atom. The summed E-state index contributed by atoms with van der Waals surface area (Å²) in [6, 6.07) is 1.85. The molecule has 1 saturated heterocycles. The zero-order chi connectivity index (χ0) is 15.0. The summed E-state index contributed by atoms with van der Waals surface area (Å²) >= 11 is 0. The van der Waals surface area contributed by atoms with E-state index in [1.165, 1.54) is 0 Å². The van der Waals surface area contributed by atoms with Gasteiger partial charge in [0.2, 0.25) is 0 Å². The normalized spacial score (nSPS) is 20.0. The van der Waals surface area contributed by atoms with Crippen LogP contribution >= 0.6 is 0 Å². The third kappa shape index (κ3) is 2.62. The molecule has 0 unspecified atom stereocenters. The second-order valence-electron chi connectivity index (χ2n) is 5.80. The van der Waals surface area contributed by atoms with Crippen molar-refractivity contribution in [3.63, 3.8) is 0 Å². The standard InChI is InChI=1S/C14H22BNO4/c1-7-18-12-11(17-6)8-10(9-16-12)15-19-13(2,3)14(4,5)20-15/h8-9H,7H2,1-6H3. The summed E-state index contributed by atoms with van der Waals surface area (Å²) in [7, 11) is 1.14. The van der Waals surface area contributed by atoms with Crippen LogP contribution in [0.25, 0.3) is 0 Å². The van der Waals surface area contributed by atoms with Crippen LogP contribution in [0.4, 0.5) is 0 Å². The van der Waals surface area contributed by atoms with E-state index in [0.29, 0.717) is 18.2 Å². The van der Waals surface area contributed by atoms with Crippen LogP contribution in [-0.4, -0.2) is 37.0 Å². The van der Waals surface area contributed by atoms with Gasteiger partial charge in [-0.1, -0.05) is 0 Å². The zero-order valence-corrected chi connectivity index (χ0v) is 13.0. The number of ether oxygens (including phenoxy) is 2. The number of rotatable bonds is 4. The molecule has 0 radical (unpaired) electrons. The summed E-state index contributed by atoms with van der Waals surface area (Å²) < 4.78 is 22.7. The molecule has 20 heavy (non-hydrogen) atoms. The van der Waals surface area contributed by atoms with E-state index in [-0.39, 0.29) is 11.2 Å². The van der Waals surface area contributed by atoms with Gasteiger partial charge >= 0.3 is 7.12 Å². The first-order valence-corrected chi connectivity index (χ1v) is 6.83. The summed E-state index contributed by atoms with van der Waals surface area (Å²) in [5, 5.41) is 0. The molecule has 1 aromatic rings. The highest BCUT2D eigenvalue weighted by Crippen LogP contribution is 2.36. The van der Waals surface area contributed by atoms with Crippen molar-refractivity contribution in [1.82, 2.24) is 4.98 Å². The summed E-state index contributed by atoms with van der Waals surface area (Å²) in [6.45, 7) is 10.5. The minimum atomic E-state index is -0.447. The first-order valence-electron chi connectivity index (χ1n) is 6.83. The van der Waals surface area contributed by atoms with Crippen LogP contribution in [0.1, 0.15) is 34.6 Å². The lowest BCUT2D eigenvalue weighted by Crippen LogP contribution is -2.41. The Kier molecular flexibility index (Phi) is 3.98. The quantitative estimate of drug-likeness (QED) is 0.786. The van der Waals surface area contributed by atoms with Gasteiger partial charge in [0.05, 0.1) is 24.9 Å². The van der Waals surface area contributed by atoms with Crippen molar-refractivity contribution in [2.24, 2.45) is 0 Å². The van der Waals surface area contributed by atoms with Gasteiger partial charge in [0, 0.05) is 11.7 Å². The molecule has 6 heteroatoms. The highest BCUT2D eigenvalue weighted by molar-refractivity contribution is 6.62. The highest BCUT2D eigenvalue weighted by Gasteiger charge is 2.52. The Bertz CT molecular complexity index is 474. The second kappa shape index (κ2) is 5.26. The van der Waals surface area contributed by atoms with Gasteiger partial charge in [-0.05, 0) is 40.7 Å². The Labute approximate surface area is 120 Å². The van der Waals surface area contributed by atoms with Crippen LogP contribution in [0.5, 0.6) is 11.6 Å². The molecular weight excluding hydrogens is 257 g/mol. The lowest BCUT2D eigenvalue weighted by molar-refractivity contribution is 0.00578. The average Bonchev–Trinajstić information content (AvgIpc) is 2.59. The largest absolute Gasteiger partial charge is 0.496 e. The van der Waals surface area contributed by atoms with Crippen molar-refractivity contribution >= 4 is 12.6 Å². The second-order valence-corrected chi connectivity index (χ2v) is 5.80. The topological polar surface area (TPSA) is 49.8 Å². The van der Waals surface area contributed by atoms with E-state index in [1.54, 1.807) is 13.3 Å². The van der Waals surface area contributed by atoms with E-state index in [0.717, 1.165) is 5.46 Å². The summed E-state index contributed by atoms with van der Waals surface area (Å²) in [6.07, 6.45) is 1.70. The van der Waals surface area contributed by atoms with Crippen molar-refractivity contribution in [1.29, 1.82) is 0 Å². The fourth-order valence-electron chi connectivity index (χ4n) is 1.95. The van der Waals surface area contributed by atoms with Gasteiger partial charge in [0.15, 0.2) is 5.75 Å². The molecule has 1 aliphatic heterocycles. The maximum Gasteiger partial charge on any atom is 0.496 e. The molecule has 0 atom stereocenters. The van der Waals surface area contributed by atoms with Crippen LogP contribution < -0.4 is 14.9 Å². The minimum Gasteiger partial charge on any atom is -0.491 e. The maximum atomic E-state index is 5.99. The fraction of sp³-hybridized carbons (Fsp3) is 0.643. The number of hydrogen-bond donors (Lipinski definition) is 0. The third-order valence-corrected chi connectivity index (χ3v) is 3.87. The molecule has 1 aromatic heterocycles. The fourth-order valence-corrected chi connectivity index (χ4v) is 1.95. The predicted octanol–water partition coefficient (Wildman–Crippen LogP) is 1.79. The number of pyridine rings is 1. The molecule has 0 N–H and O–H groups in total. The van der Waals surface area contributed by atoms with Crippen LogP contribution in [0, 0.1) is 0 Å². The van der Waals surface area contributed by atoms with Gasteiger partial charge in [0.25, 0.3) is 5.88 Å². The molecule has 1 aliphatic rings. The molecule has 1 fully saturated rings. The lowest BCUT2D eigenvalue weighted by atomic mass is 9.80. The van der Waals surface area contributed by atoms with Crippen molar-refractivity contribution in [3.8, 4) is 11.6 Å². The molecule has 0 bridgehead atoms. The van der Waals surface area contributed by atoms with Crippen LogP contribution in [-0.2, 0) is 9.31 Å². The molecule has 0 amide bonds. The molecule has 2 heterocycles. The highest BCUT2D eigenvalue weighted by atomic mass is 16.7. The van der Waals surface area contributed by atoms with Gasteiger partial charge in [-0.25, -0.2) is 4.98 Å². The summed E-state index contributed by atoms with van der Waals surface area (Å²) in [5.41, 5.74) is 0.0800. The predicted molar refractivity (Wildman–Crippen MR) is 77.7 cm³/mol. The van der Waals surface area contributed by atoms with Gasteiger partial charge in [-0.3, -0.25) is 0 Å². The SMILES string of the molecule is CCOc1ncc(B2OC(C)(C)C(C)(C)O2)cc1OC. The van der Waals surface area contributed by atoms with Gasteiger partial charge in [0.1, 0.15) is 0 Å². The van der Waals surface area contributed by atoms with Gasteiger partial charge in [-0.15, -0.1) is 0 Å². The van der Waals surface area contributed by atoms with E-state index in [1.807, 2.05) is 40.7 Å². The molecule has 0 aromatic carbocycles. The monoisotopic (exact) mass is 279 g/mol. The Hall–Kier alpha value is -1.27. The minimum absolute atomic E-state index is 0.372. The Balaban J connectivity index is 2.27. The lowest BCUT2D eigenvalue weighted by Gasteiger charge is -2.32. The number of methoxy groups -OCH3 is 1. The van der Waals surface area contributed by atoms with E-state index in [4.69, 9.17) is 18.8 Å². The number of hydrogen-bond acceptors (Lipinski definition) is 5. The molecule has 5 nitrogen and oxygen atoms in total. The van der Waals surface area contributed by atoms with E-state index >= 15 is 0 Å². The summed E-state index contributed by atoms with van der Waals surface area (Å²) in [4.78, 5) is 4.27. The van der Waals surface area contributed by atoms with Gasteiger partial charge < -0.3 is 18.8 Å². The molecule has 0 aliphatic carbocycles. The van der Waals surface area contributed by atoms with Crippen LogP contribution in [0.15, 0.2) is 12.3 Å². The zero-order valence-electron chi connectivity index (χ0n) is 13.0. The Morgan fingerprint density at radius 2 is 1.80 bits per heavy atom. The first kappa shape index (κ1) is 15.1. The smallest absolute Gasteiger partial charge is 0.491 e. The molecular formula is C14H22BNO4. The maximum absolute atomic E-state index is 5.99. The van der Waals surface area contributed by atoms with Crippen molar-refractivity contribution in [2.75, 3.05) is 13.7 Å². The van der Waals surface area contributed by atoms with E-state index in [9.17, 15) is 0 Å². The van der Waals surface area contributed by atoms with Crippen molar-refractivity contribution in [2.45, 2.75) is 45.8 Å². The number of aromatic nitrogens is 1. The first-order chi connectivity index (χ1) is 9.30. The van der Waals surface area contributed by atoms with Gasteiger partial charge in [-0.2, -0.15) is 0 Å². The van der Waals surface area contributed by atoms with Crippen LogP contribution in [0.3, 0.4) is 0 Å². The third-order valence-electron chi connectivity index (χ3n) is 3.87. The number of nitrogens with zero attached hydrogens (tertiary/aromatic N) is 1. The van der Waals surface area contributed by atoms with E-state index in [2.05, 4.69) is 4.98 Å². The molecule has 110 valence electrons. The van der Waals surface area contributed by atoms with Crippen LogP contribution in [0.2, 0.25) is 0 Å². The Morgan fingerprint density at radius 3 is 2.30 bits per heavy atom. The van der Waals surface area contributed by atoms with Crippen molar-refractivity contribution < 1.29 is 18.8 Å². The van der Waals surface area contributed by atoms with E-state index < -0.39 is 7.12 Å². The molecule has 2 rings (SSSR count). The van der Waals surface area contributed by atoms with Crippen molar-refractivity contribution in [3.05, 3.63) is 12.3 Å². The average molecular weight is 279 g/mol. The summed E-state index contributed by atoms with van der Waals surface area (Å²) in [5.74, 6) is 1.06. The molecule has 0 spiro atoms. The molecule has 0 saturated carbocycles.